The third-order valence-electron chi connectivity index (χ3n) is 5.65. The number of fused-ring (bicyclic) bond motifs is 1. The maximum absolute atomic E-state index is 4.96. The molecular weight excluding hydrogens is 382 g/mol. The Labute approximate surface area is 182 Å². The summed E-state index contributed by atoms with van der Waals surface area (Å²) in [6.07, 6.45) is 8.05. The van der Waals surface area contributed by atoms with Gasteiger partial charge in [-0.3, -0.25) is 9.88 Å². The van der Waals surface area contributed by atoms with E-state index in [0.29, 0.717) is 0 Å². The molecule has 4 aromatic rings. The predicted octanol–water partition coefficient (Wildman–Crippen LogP) is 4.53. The van der Waals surface area contributed by atoms with Crippen molar-refractivity contribution in [3.63, 3.8) is 0 Å². The summed E-state index contributed by atoms with van der Waals surface area (Å²) in [4.78, 5) is 18.9. The predicted molar refractivity (Wildman–Crippen MR) is 127 cm³/mol. The summed E-state index contributed by atoms with van der Waals surface area (Å²) in [6, 6.07) is 22.7. The highest BCUT2D eigenvalue weighted by molar-refractivity contribution is 5.91. The number of piperazine rings is 1. The Morgan fingerprint density at radius 2 is 1.61 bits per heavy atom. The topological polar surface area (TPSA) is 45.2 Å². The van der Waals surface area contributed by atoms with Gasteiger partial charge in [-0.25, -0.2) is 9.97 Å². The summed E-state index contributed by atoms with van der Waals surface area (Å²) in [5.41, 5.74) is 3.16. The Bertz CT molecular complexity index is 1170. The highest BCUT2D eigenvalue weighted by Crippen LogP contribution is 2.28. The molecule has 1 aliphatic rings. The molecule has 0 N–H and O–H groups in total. The number of benzene rings is 2. The standard InChI is InChI=1S/C26H25N5/c1-2-8-21(9-3-1)10-7-15-30-16-18-31(19-17-30)26-23-12-4-5-13-24(23)28-25(29-26)22-11-6-14-27-20-22/h1-14,20H,15-19H2. The Kier molecular flexibility index (Phi) is 5.67. The molecule has 5 heteroatoms. The highest BCUT2D eigenvalue weighted by atomic mass is 15.3. The lowest BCUT2D eigenvalue weighted by Gasteiger charge is -2.35. The minimum atomic E-state index is 0.732. The Balaban J connectivity index is 1.33. The maximum Gasteiger partial charge on any atom is 0.163 e. The first-order valence-corrected chi connectivity index (χ1v) is 10.7. The minimum absolute atomic E-state index is 0.732. The van der Waals surface area contributed by atoms with Gasteiger partial charge in [0.05, 0.1) is 5.52 Å². The molecule has 0 saturated carbocycles. The van der Waals surface area contributed by atoms with Gasteiger partial charge >= 0.3 is 0 Å². The zero-order chi connectivity index (χ0) is 20.9. The molecule has 0 spiro atoms. The Morgan fingerprint density at radius 1 is 0.806 bits per heavy atom. The molecule has 0 radical (unpaired) electrons. The van der Waals surface area contributed by atoms with Crippen LogP contribution in [0.15, 0.2) is 85.2 Å². The first kappa shape index (κ1) is 19.4. The number of rotatable bonds is 5. The van der Waals surface area contributed by atoms with Crippen molar-refractivity contribution in [1.29, 1.82) is 0 Å². The lowest BCUT2D eigenvalue weighted by Crippen LogP contribution is -2.46. The number of para-hydroxylation sites is 1. The number of aromatic nitrogens is 3. The van der Waals surface area contributed by atoms with Crippen LogP contribution in [0.3, 0.4) is 0 Å². The molecule has 1 aliphatic heterocycles. The molecule has 5 rings (SSSR count). The molecule has 2 aromatic heterocycles. The molecule has 3 heterocycles. The van der Waals surface area contributed by atoms with Crippen molar-refractivity contribution < 1.29 is 0 Å². The van der Waals surface area contributed by atoms with Crippen molar-refractivity contribution in [2.75, 3.05) is 37.6 Å². The van der Waals surface area contributed by atoms with Gasteiger partial charge in [0.25, 0.3) is 0 Å². The van der Waals surface area contributed by atoms with Crippen LogP contribution < -0.4 is 4.90 Å². The SMILES string of the molecule is C(=Cc1ccccc1)CN1CCN(c2nc(-c3cccnc3)nc3ccccc23)CC1. The summed E-state index contributed by atoms with van der Waals surface area (Å²) >= 11 is 0. The van der Waals surface area contributed by atoms with E-state index < -0.39 is 0 Å². The third kappa shape index (κ3) is 4.47. The smallest absolute Gasteiger partial charge is 0.163 e. The van der Waals surface area contributed by atoms with Crippen LogP contribution in [0.2, 0.25) is 0 Å². The van der Waals surface area contributed by atoms with E-state index >= 15 is 0 Å². The zero-order valence-electron chi connectivity index (χ0n) is 17.4. The van der Waals surface area contributed by atoms with Crippen molar-refractivity contribution in [2.24, 2.45) is 0 Å². The molecule has 0 unspecified atom stereocenters. The van der Waals surface area contributed by atoms with Gasteiger partial charge in [-0.05, 0) is 29.8 Å². The number of nitrogens with zero attached hydrogens (tertiary/aromatic N) is 5. The lowest BCUT2D eigenvalue weighted by atomic mass is 10.2. The Hall–Kier alpha value is -3.57. The molecule has 2 aromatic carbocycles. The fourth-order valence-electron chi connectivity index (χ4n) is 3.97. The van der Waals surface area contributed by atoms with Crippen molar-refractivity contribution >= 4 is 22.8 Å². The highest BCUT2D eigenvalue weighted by Gasteiger charge is 2.20. The van der Waals surface area contributed by atoms with Crippen molar-refractivity contribution in [1.82, 2.24) is 19.9 Å². The van der Waals surface area contributed by atoms with E-state index in [-0.39, 0.29) is 0 Å². The molecule has 154 valence electrons. The summed E-state index contributed by atoms with van der Waals surface area (Å²) in [5, 5.41) is 1.10. The van der Waals surface area contributed by atoms with Crippen molar-refractivity contribution in [3.05, 3.63) is 90.8 Å². The van der Waals surface area contributed by atoms with Crippen LogP contribution in [0.25, 0.3) is 28.4 Å². The second-order valence-corrected chi connectivity index (χ2v) is 7.73. The second kappa shape index (κ2) is 9.06. The van der Waals surface area contributed by atoms with E-state index in [1.807, 2.05) is 30.5 Å². The molecule has 0 amide bonds. The third-order valence-corrected chi connectivity index (χ3v) is 5.65. The summed E-state index contributed by atoms with van der Waals surface area (Å²) in [5.74, 6) is 1.75. The fraction of sp³-hybridized carbons (Fsp3) is 0.192. The maximum atomic E-state index is 4.96. The van der Waals surface area contributed by atoms with Crippen LogP contribution in [0, 0.1) is 0 Å². The Morgan fingerprint density at radius 3 is 2.42 bits per heavy atom. The van der Waals surface area contributed by atoms with Gasteiger partial charge in [0.15, 0.2) is 5.82 Å². The van der Waals surface area contributed by atoms with E-state index in [0.717, 1.165) is 60.8 Å². The zero-order valence-corrected chi connectivity index (χ0v) is 17.4. The van der Waals surface area contributed by atoms with Gasteiger partial charge in [-0.2, -0.15) is 0 Å². The minimum Gasteiger partial charge on any atom is -0.353 e. The molecule has 5 nitrogen and oxygen atoms in total. The van der Waals surface area contributed by atoms with Crippen LogP contribution >= 0.6 is 0 Å². The average molecular weight is 408 g/mol. The van der Waals surface area contributed by atoms with Gasteiger partial charge in [0, 0.05) is 56.1 Å². The molecule has 1 saturated heterocycles. The fourth-order valence-corrected chi connectivity index (χ4v) is 3.97. The van der Waals surface area contributed by atoms with E-state index in [1.54, 1.807) is 6.20 Å². The number of anilines is 1. The van der Waals surface area contributed by atoms with Gasteiger partial charge in [0.2, 0.25) is 0 Å². The van der Waals surface area contributed by atoms with E-state index in [2.05, 4.69) is 69.4 Å². The first-order valence-electron chi connectivity index (χ1n) is 10.7. The average Bonchev–Trinajstić information content (AvgIpc) is 2.85. The van der Waals surface area contributed by atoms with Crippen LogP contribution in [-0.2, 0) is 0 Å². The van der Waals surface area contributed by atoms with Gasteiger partial charge in [0.1, 0.15) is 5.82 Å². The molecule has 0 bridgehead atoms. The van der Waals surface area contributed by atoms with Crippen molar-refractivity contribution in [3.8, 4) is 11.4 Å². The van der Waals surface area contributed by atoms with Crippen LogP contribution in [0.5, 0.6) is 0 Å². The number of hydrogen-bond acceptors (Lipinski definition) is 5. The summed E-state index contributed by atoms with van der Waals surface area (Å²) < 4.78 is 0. The quantitative estimate of drug-likeness (QED) is 0.486. The van der Waals surface area contributed by atoms with Gasteiger partial charge in [-0.15, -0.1) is 0 Å². The molecule has 0 aliphatic carbocycles. The largest absolute Gasteiger partial charge is 0.353 e. The van der Waals surface area contributed by atoms with Crippen molar-refractivity contribution in [2.45, 2.75) is 0 Å². The van der Waals surface area contributed by atoms with E-state index in [1.165, 1.54) is 5.56 Å². The number of hydrogen-bond donors (Lipinski definition) is 0. The van der Waals surface area contributed by atoms with Crippen LogP contribution in [-0.4, -0.2) is 52.6 Å². The molecule has 31 heavy (non-hydrogen) atoms. The summed E-state index contributed by atoms with van der Waals surface area (Å²) in [7, 11) is 0. The van der Waals surface area contributed by atoms with Crippen LogP contribution in [0.4, 0.5) is 5.82 Å². The molecule has 0 atom stereocenters. The number of pyridine rings is 1. The van der Waals surface area contributed by atoms with Gasteiger partial charge < -0.3 is 4.90 Å². The second-order valence-electron chi connectivity index (χ2n) is 7.73. The normalized spacial score (nSPS) is 15.0. The van der Waals surface area contributed by atoms with Gasteiger partial charge in [-0.1, -0.05) is 54.6 Å². The van der Waals surface area contributed by atoms with Crippen LogP contribution in [0.1, 0.15) is 5.56 Å². The first-order chi connectivity index (χ1) is 15.4. The monoisotopic (exact) mass is 407 g/mol. The van der Waals surface area contributed by atoms with E-state index in [4.69, 9.17) is 9.97 Å². The molecular formula is C26H25N5. The lowest BCUT2D eigenvalue weighted by molar-refractivity contribution is 0.284. The summed E-state index contributed by atoms with van der Waals surface area (Å²) in [6.45, 7) is 4.90. The molecule has 1 fully saturated rings. The van der Waals surface area contributed by atoms with E-state index in [9.17, 15) is 0 Å².